The normalized spacial score (nSPS) is 21.3. The Hall–Kier alpha value is -2.34. The number of methoxy groups -OCH3 is 1. The summed E-state index contributed by atoms with van der Waals surface area (Å²) in [5, 5.41) is 4.27. The maximum Gasteiger partial charge on any atom is 0.292 e. The molecule has 156 valence electrons. The van der Waals surface area contributed by atoms with E-state index in [-0.39, 0.29) is 5.91 Å². The molecule has 2 saturated heterocycles. The molecule has 4 rings (SSSR count). The summed E-state index contributed by atoms with van der Waals surface area (Å²) in [5.74, 6) is 2.27. The van der Waals surface area contributed by atoms with Crippen molar-refractivity contribution >= 4 is 5.91 Å². The molecule has 1 aromatic carbocycles. The number of nitrogens with zero attached hydrogens (tertiary/aromatic N) is 3. The van der Waals surface area contributed by atoms with Crippen LogP contribution in [0.25, 0.3) is 0 Å². The molecule has 1 aromatic heterocycles. The standard InChI is InChI=1S/C23H31N3O3/c1-17-9-12-26(13-10-17)23(27)22-14-21(24-29-22)19-4-3-11-25(16-19)15-18-5-7-20(28-2)8-6-18/h5-8,14,17,19H,3-4,9-13,15-16H2,1-2H3/t19-/m0/s1. The number of rotatable bonds is 5. The van der Waals surface area contributed by atoms with Gasteiger partial charge in [-0.15, -0.1) is 0 Å². The molecule has 0 spiro atoms. The number of hydrogen-bond donors (Lipinski definition) is 0. The van der Waals surface area contributed by atoms with Gasteiger partial charge < -0.3 is 14.2 Å². The number of aromatic nitrogens is 1. The van der Waals surface area contributed by atoms with Gasteiger partial charge in [0.15, 0.2) is 0 Å². The molecule has 1 amide bonds. The molecule has 0 bridgehead atoms. The first-order valence-corrected chi connectivity index (χ1v) is 10.7. The summed E-state index contributed by atoms with van der Waals surface area (Å²) in [6, 6.07) is 10.1. The number of amides is 1. The van der Waals surface area contributed by atoms with Crippen molar-refractivity contribution in [2.24, 2.45) is 5.92 Å². The SMILES string of the molecule is COc1ccc(CN2CCC[C@H](c3cc(C(=O)N4CCC(C)CC4)on3)C2)cc1. The van der Waals surface area contributed by atoms with Crippen LogP contribution >= 0.6 is 0 Å². The van der Waals surface area contributed by atoms with E-state index in [0.29, 0.717) is 17.6 Å². The van der Waals surface area contributed by atoms with Gasteiger partial charge in [-0.3, -0.25) is 9.69 Å². The van der Waals surface area contributed by atoms with Crippen LogP contribution in [0.3, 0.4) is 0 Å². The third kappa shape index (κ3) is 4.81. The van der Waals surface area contributed by atoms with Crippen molar-refractivity contribution in [1.29, 1.82) is 0 Å². The molecule has 3 heterocycles. The second-order valence-corrected chi connectivity index (χ2v) is 8.51. The molecule has 1 atom stereocenters. The number of likely N-dealkylation sites (tertiary alicyclic amines) is 2. The molecule has 29 heavy (non-hydrogen) atoms. The van der Waals surface area contributed by atoms with E-state index < -0.39 is 0 Å². The van der Waals surface area contributed by atoms with Crippen molar-refractivity contribution in [2.45, 2.75) is 45.1 Å². The molecule has 0 unspecified atom stereocenters. The molecule has 0 saturated carbocycles. The first-order valence-electron chi connectivity index (χ1n) is 10.7. The summed E-state index contributed by atoms with van der Waals surface area (Å²) in [6.45, 7) is 6.81. The van der Waals surface area contributed by atoms with Gasteiger partial charge in [0, 0.05) is 38.2 Å². The summed E-state index contributed by atoms with van der Waals surface area (Å²) in [7, 11) is 1.69. The Labute approximate surface area is 172 Å². The molecule has 6 heteroatoms. The van der Waals surface area contributed by atoms with E-state index in [9.17, 15) is 4.79 Å². The van der Waals surface area contributed by atoms with Crippen LogP contribution in [0.1, 0.15) is 60.3 Å². The average Bonchev–Trinajstić information content (AvgIpc) is 3.25. The first kappa shape index (κ1) is 20.0. The molecule has 2 aliphatic heterocycles. The zero-order valence-electron chi connectivity index (χ0n) is 17.5. The zero-order chi connectivity index (χ0) is 20.2. The fraction of sp³-hybridized carbons (Fsp3) is 0.565. The van der Waals surface area contributed by atoms with E-state index in [0.717, 1.165) is 69.9 Å². The lowest BCUT2D eigenvalue weighted by atomic mass is 9.94. The quantitative estimate of drug-likeness (QED) is 0.765. The topological polar surface area (TPSA) is 58.8 Å². The second kappa shape index (κ2) is 8.99. The highest BCUT2D eigenvalue weighted by Gasteiger charge is 2.28. The van der Waals surface area contributed by atoms with Crippen molar-refractivity contribution in [1.82, 2.24) is 15.0 Å². The Balaban J connectivity index is 1.36. The van der Waals surface area contributed by atoms with Crippen LogP contribution in [0.15, 0.2) is 34.9 Å². The fourth-order valence-corrected chi connectivity index (χ4v) is 4.38. The van der Waals surface area contributed by atoms with Crippen LogP contribution in [0.2, 0.25) is 0 Å². The number of benzene rings is 1. The lowest BCUT2D eigenvalue weighted by Gasteiger charge is -2.31. The van der Waals surface area contributed by atoms with E-state index in [2.05, 4.69) is 29.1 Å². The highest BCUT2D eigenvalue weighted by molar-refractivity contribution is 5.91. The maximum absolute atomic E-state index is 12.7. The lowest BCUT2D eigenvalue weighted by molar-refractivity contribution is 0.0655. The summed E-state index contributed by atoms with van der Waals surface area (Å²) in [4.78, 5) is 17.1. The maximum atomic E-state index is 12.7. The van der Waals surface area contributed by atoms with Crippen molar-refractivity contribution < 1.29 is 14.1 Å². The van der Waals surface area contributed by atoms with Crippen molar-refractivity contribution in [3.63, 3.8) is 0 Å². The smallest absolute Gasteiger partial charge is 0.292 e. The van der Waals surface area contributed by atoms with Crippen LogP contribution in [0, 0.1) is 5.92 Å². The van der Waals surface area contributed by atoms with Gasteiger partial charge in [0.2, 0.25) is 5.76 Å². The third-order valence-corrected chi connectivity index (χ3v) is 6.30. The number of ether oxygens (including phenoxy) is 1. The highest BCUT2D eigenvalue weighted by atomic mass is 16.5. The van der Waals surface area contributed by atoms with Gasteiger partial charge in [0.25, 0.3) is 5.91 Å². The molecule has 0 radical (unpaired) electrons. The third-order valence-electron chi connectivity index (χ3n) is 6.30. The van der Waals surface area contributed by atoms with Crippen molar-refractivity contribution in [3.05, 3.63) is 47.3 Å². The minimum Gasteiger partial charge on any atom is -0.497 e. The summed E-state index contributed by atoms with van der Waals surface area (Å²) < 4.78 is 10.7. The van der Waals surface area contributed by atoms with E-state index in [1.807, 2.05) is 23.1 Å². The Morgan fingerprint density at radius 3 is 2.66 bits per heavy atom. The van der Waals surface area contributed by atoms with Gasteiger partial charge in [-0.2, -0.15) is 0 Å². The van der Waals surface area contributed by atoms with Gasteiger partial charge in [0.05, 0.1) is 12.8 Å². The van der Waals surface area contributed by atoms with Crippen LogP contribution in [-0.4, -0.2) is 54.2 Å². The monoisotopic (exact) mass is 397 g/mol. The first-order chi connectivity index (χ1) is 14.1. The predicted octanol–water partition coefficient (Wildman–Crippen LogP) is 3.93. The number of hydrogen-bond acceptors (Lipinski definition) is 5. The fourth-order valence-electron chi connectivity index (χ4n) is 4.38. The molecular formula is C23H31N3O3. The Kier molecular flexibility index (Phi) is 6.19. The molecule has 2 aliphatic rings. The van der Waals surface area contributed by atoms with Gasteiger partial charge in [-0.05, 0) is 55.8 Å². The molecular weight excluding hydrogens is 366 g/mol. The Bertz CT molecular complexity index is 809. The minimum atomic E-state index is -0.0125. The second-order valence-electron chi connectivity index (χ2n) is 8.51. The van der Waals surface area contributed by atoms with Crippen molar-refractivity contribution in [3.8, 4) is 5.75 Å². The molecule has 2 fully saturated rings. The van der Waals surface area contributed by atoms with E-state index >= 15 is 0 Å². The molecule has 0 aliphatic carbocycles. The van der Waals surface area contributed by atoms with E-state index in [1.54, 1.807) is 7.11 Å². The van der Waals surface area contributed by atoms with Gasteiger partial charge >= 0.3 is 0 Å². The molecule has 2 aromatic rings. The number of carbonyl (C=O) groups excluding carboxylic acids is 1. The molecule has 0 N–H and O–H groups in total. The van der Waals surface area contributed by atoms with Gasteiger partial charge in [-0.25, -0.2) is 0 Å². The van der Waals surface area contributed by atoms with Crippen LogP contribution in [0.4, 0.5) is 0 Å². The summed E-state index contributed by atoms with van der Waals surface area (Å²) in [6.07, 6.45) is 4.34. The minimum absolute atomic E-state index is 0.0125. The van der Waals surface area contributed by atoms with Crippen LogP contribution in [-0.2, 0) is 6.54 Å². The summed E-state index contributed by atoms with van der Waals surface area (Å²) >= 11 is 0. The number of piperidine rings is 2. The number of carbonyl (C=O) groups is 1. The average molecular weight is 398 g/mol. The van der Waals surface area contributed by atoms with E-state index in [1.165, 1.54) is 5.56 Å². The molecule has 6 nitrogen and oxygen atoms in total. The van der Waals surface area contributed by atoms with Crippen LogP contribution < -0.4 is 4.74 Å². The predicted molar refractivity (Wildman–Crippen MR) is 111 cm³/mol. The Morgan fingerprint density at radius 2 is 1.93 bits per heavy atom. The van der Waals surface area contributed by atoms with Crippen molar-refractivity contribution in [2.75, 3.05) is 33.3 Å². The van der Waals surface area contributed by atoms with Gasteiger partial charge in [-0.1, -0.05) is 24.2 Å². The Morgan fingerprint density at radius 1 is 1.17 bits per heavy atom. The highest BCUT2D eigenvalue weighted by Crippen LogP contribution is 2.28. The lowest BCUT2D eigenvalue weighted by Crippen LogP contribution is -2.37. The van der Waals surface area contributed by atoms with Crippen LogP contribution in [0.5, 0.6) is 5.75 Å². The largest absolute Gasteiger partial charge is 0.497 e. The van der Waals surface area contributed by atoms with Gasteiger partial charge in [0.1, 0.15) is 5.75 Å². The summed E-state index contributed by atoms with van der Waals surface area (Å²) in [5.41, 5.74) is 2.19. The zero-order valence-corrected chi connectivity index (χ0v) is 17.5. The van der Waals surface area contributed by atoms with E-state index in [4.69, 9.17) is 9.26 Å².